The van der Waals surface area contributed by atoms with E-state index in [2.05, 4.69) is 27.9 Å². The number of hydrogen-bond acceptors (Lipinski definition) is 3. The van der Waals surface area contributed by atoms with Crippen molar-refractivity contribution in [1.82, 2.24) is 10.2 Å². The number of halogens is 1. The molecular weight excluding hydrogens is 371 g/mol. The summed E-state index contributed by atoms with van der Waals surface area (Å²) in [5.74, 6) is 0.538. The topological polar surface area (TPSA) is 62.6 Å². The van der Waals surface area contributed by atoms with Crippen molar-refractivity contribution in [2.75, 3.05) is 19.6 Å². The van der Waals surface area contributed by atoms with Crippen molar-refractivity contribution in [3.63, 3.8) is 0 Å². The molecule has 0 bridgehead atoms. The van der Waals surface area contributed by atoms with Gasteiger partial charge in [0.1, 0.15) is 5.76 Å². The van der Waals surface area contributed by atoms with Crippen LogP contribution in [0.3, 0.4) is 0 Å². The Balaban J connectivity index is 1.67. The Morgan fingerprint density at radius 2 is 2.10 bits per heavy atom. The van der Waals surface area contributed by atoms with Gasteiger partial charge in [-0.05, 0) is 53.6 Å². The fraction of sp³-hybridized carbons (Fsp3) is 0.429. The summed E-state index contributed by atoms with van der Waals surface area (Å²) in [4.78, 5) is 25.2. The van der Waals surface area contributed by atoms with Gasteiger partial charge in [0.25, 0.3) is 0 Å². The number of nitrogens with zero attached hydrogens (tertiary/aromatic N) is 1. The second kappa shape index (κ2) is 7.47. The Kier molecular flexibility index (Phi) is 5.63. The normalized spacial score (nSPS) is 14.9. The number of carbonyl (C=O) groups excluding carboxylic acids is 2. The van der Waals surface area contributed by atoms with Gasteiger partial charge < -0.3 is 14.6 Å². The van der Waals surface area contributed by atoms with Crippen LogP contribution in [0.15, 0.2) is 22.6 Å². The summed E-state index contributed by atoms with van der Waals surface area (Å²) in [5, 5.41) is 2.70. The first-order valence-corrected chi connectivity index (χ1v) is 7.72. The third-order valence-electron chi connectivity index (χ3n) is 3.09. The number of hydrogen-bond donors (Lipinski definition) is 1. The average molecular weight is 388 g/mol. The molecule has 0 unspecified atom stereocenters. The highest BCUT2D eigenvalue weighted by Gasteiger charge is 2.17. The molecule has 1 aliphatic rings. The molecule has 0 aliphatic carbocycles. The molecule has 2 heterocycles. The molecule has 20 heavy (non-hydrogen) atoms. The maximum Gasteiger partial charge on any atom is 0.244 e. The fourth-order valence-corrected chi connectivity index (χ4v) is 2.49. The van der Waals surface area contributed by atoms with Gasteiger partial charge in [-0.1, -0.05) is 0 Å². The van der Waals surface area contributed by atoms with Crippen LogP contribution in [-0.2, 0) is 9.59 Å². The molecule has 1 saturated heterocycles. The zero-order chi connectivity index (χ0) is 14.4. The summed E-state index contributed by atoms with van der Waals surface area (Å²) < 4.78 is 6.08. The van der Waals surface area contributed by atoms with E-state index < -0.39 is 0 Å². The summed E-state index contributed by atoms with van der Waals surface area (Å²) in [6, 6.07) is 3.62. The van der Waals surface area contributed by atoms with Crippen molar-refractivity contribution < 1.29 is 14.0 Å². The van der Waals surface area contributed by atoms with E-state index >= 15 is 0 Å². The highest BCUT2D eigenvalue weighted by Crippen LogP contribution is 2.11. The van der Waals surface area contributed by atoms with E-state index in [0.29, 0.717) is 18.7 Å². The Morgan fingerprint density at radius 3 is 2.75 bits per heavy atom. The Hall–Kier alpha value is -1.31. The first kappa shape index (κ1) is 15.1. The van der Waals surface area contributed by atoms with Gasteiger partial charge in [-0.2, -0.15) is 0 Å². The van der Waals surface area contributed by atoms with Crippen molar-refractivity contribution in [1.29, 1.82) is 0 Å². The second-order valence-electron chi connectivity index (χ2n) is 4.60. The molecular formula is C14H17IN2O3. The van der Waals surface area contributed by atoms with Crippen LogP contribution in [-0.4, -0.2) is 36.3 Å². The van der Waals surface area contributed by atoms with Gasteiger partial charge in [-0.15, -0.1) is 0 Å². The highest BCUT2D eigenvalue weighted by molar-refractivity contribution is 14.1. The SMILES string of the molecule is O=C(/C=C/c1ccc(I)o1)NCCC(=O)N1CCCC1. The lowest BCUT2D eigenvalue weighted by molar-refractivity contribution is -0.130. The molecule has 2 rings (SSSR count). The summed E-state index contributed by atoms with van der Waals surface area (Å²) in [6.45, 7) is 2.07. The lowest BCUT2D eigenvalue weighted by Crippen LogP contribution is -2.32. The predicted octanol–water partition coefficient (Wildman–Crippen LogP) is 2.03. The van der Waals surface area contributed by atoms with Crippen molar-refractivity contribution >= 4 is 40.5 Å². The molecule has 0 saturated carbocycles. The second-order valence-corrected chi connectivity index (χ2v) is 5.67. The molecule has 1 N–H and O–H groups in total. The standard InChI is InChI=1S/C14H17IN2O3/c15-12-5-3-11(20-12)4-6-13(18)16-8-7-14(19)17-9-1-2-10-17/h3-6H,1-2,7-10H2,(H,16,18)/b6-4+. The van der Waals surface area contributed by atoms with Gasteiger partial charge in [-0.3, -0.25) is 9.59 Å². The maximum atomic E-state index is 11.7. The summed E-state index contributed by atoms with van der Waals surface area (Å²) in [7, 11) is 0. The molecule has 5 nitrogen and oxygen atoms in total. The van der Waals surface area contributed by atoms with Crippen LogP contribution in [0.5, 0.6) is 0 Å². The quantitative estimate of drug-likeness (QED) is 0.620. The summed E-state index contributed by atoms with van der Waals surface area (Å²) in [6.07, 6.45) is 5.55. The van der Waals surface area contributed by atoms with Crippen LogP contribution >= 0.6 is 22.6 Å². The molecule has 1 fully saturated rings. The van der Waals surface area contributed by atoms with E-state index in [0.717, 1.165) is 29.7 Å². The molecule has 1 aromatic rings. The summed E-state index contributed by atoms with van der Waals surface area (Å²) >= 11 is 2.06. The Labute approximate surface area is 131 Å². The van der Waals surface area contributed by atoms with Crippen LogP contribution in [0, 0.1) is 3.77 Å². The van der Waals surface area contributed by atoms with Crippen LogP contribution in [0.25, 0.3) is 6.08 Å². The molecule has 0 radical (unpaired) electrons. The number of nitrogens with one attached hydrogen (secondary N) is 1. The predicted molar refractivity (Wildman–Crippen MR) is 83.9 cm³/mol. The van der Waals surface area contributed by atoms with Crippen molar-refractivity contribution in [3.8, 4) is 0 Å². The Morgan fingerprint density at radius 1 is 1.35 bits per heavy atom. The van der Waals surface area contributed by atoms with Gasteiger partial charge in [0.2, 0.25) is 11.8 Å². The minimum absolute atomic E-state index is 0.118. The maximum absolute atomic E-state index is 11.7. The third kappa shape index (κ3) is 4.66. The van der Waals surface area contributed by atoms with Gasteiger partial charge in [0, 0.05) is 32.1 Å². The van der Waals surface area contributed by atoms with Gasteiger partial charge >= 0.3 is 0 Å². The monoisotopic (exact) mass is 388 g/mol. The average Bonchev–Trinajstić information content (AvgIpc) is 3.07. The van der Waals surface area contributed by atoms with Crippen molar-refractivity contribution in [2.45, 2.75) is 19.3 Å². The smallest absolute Gasteiger partial charge is 0.244 e. The first-order valence-electron chi connectivity index (χ1n) is 6.64. The molecule has 0 aromatic carbocycles. The number of rotatable bonds is 5. The van der Waals surface area contributed by atoms with Crippen molar-refractivity contribution in [2.24, 2.45) is 0 Å². The molecule has 1 aromatic heterocycles. The van der Waals surface area contributed by atoms with E-state index in [9.17, 15) is 9.59 Å². The van der Waals surface area contributed by atoms with E-state index in [1.807, 2.05) is 11.0 Å². The van der Waals surface area contributed by atoms with E-state index in [-0.39, 0.29) is 11.8 Å². The molecule has 1 aliphatic heterocycles. The minimum Gasteiger partial charge on any atom is -0.451 e. The van der Waals surface area contributed by atoms with E-state index in [1.54, 1.807) is 12.1 Å². The van der Waals surface area contributed by atoms with Crippen LogP contribution in [0.1, 0.15) is 25.0 Å². The zero-order valence-electron chi connectivity index (χ0n) is 11.1. The summed E-state index contributed by atoms with van der Waals surface area (Å²) in [5.41, 5.74) is 0. The lowest BCUT2D eigenvalue weighted by atomic mass is 10.3. The first-order chi connectivity index (χ1) is 9.65. The highest BCUT2D eigenvalue weighted by atomic mass is 127. The van der Waals surface area contributed by atoms with E-state index in [4.69, 9.17) is 4.42 Å². The number of amides is 2. The Bertz CT molecular complexity index is 504. The van der Waals surface area contributed by atoms with Crippen LogP contribution < -0.4 is 5.32 Å². The zero-order valence-corrected chi connectivity index (χ0v) is 13.3. The molecule has 6 heteroatoms. The van der Waals surface area contributed by atoms with Gasteiger partial charge in [-0.25, -0.2) is 0 Å². The minimum atomic E-state index is -0.217. The largest absolute Gasteiger partial charge is 0.451 e. The van der Waals surface area contributed by atoms with Gasteiger partial charge in [0.15, 0.2) is 3.77 Å². The number of furan rings is 1. The molecule has 108 valence electrons. The van der Waals surface area contributed by atoms with Crippen LogP contribution in [0.2, 0.25) is 0 Å². The molecule has 0 spiro atoms. The fourth-order valence-electron chi connectivity index (χ4n) is 2.05. The third-order valence-corrected chi connectivity index (χ3v) is 3.67. The lowest BCUT2D eigenvalue weighted by Gasteiger charge is -2.14. The van der Waals surface area contributed by atoms with Crippen molar-refractivity contribution in [3.05, 3.63) is 27.7 Å². The number of likely N-dealkylation sites (tertiary alicyclic amines) is 1. The molecule has 0 atom stereocenters. The van der Waals surface area contributed by atoms with Crippen LogP contribution in [0.4, 0.5) is 0 Å². The van der Waals surface area contributed by atoms with E-state index in [1.165, 1.54) is 6.08 Å². The van der Waals surface area contributed by atoms with Gasteiger partial charge in [0.05, 0.1) is 0 Å². The number of carbonyl (C=O) groups is 2. The molecule has 2 amide bonds.